The van der Waals surface area contributed by atoms with E-state index in [1.54, 1.807) is 0 Å². The monoisotopic (exact) mass is 232 g/mol. The van der Waals surface area contributed by atoms with E-state index in [0.717, 1.165) is 31.0 Å². The van der Waals surface area contributed by atoms with Gasteiger partial charge in [-0.25, -0.2) is 0 Å². The number of hydrogen-bond donors (Lipinski definition) is 1. The minimum absolute atomic E-state index is 0.141. The predicted molar refractivity (Wildman–Crippen MR) is 71.1 cm³/mol. The van der Waals surface area contributed by atoms with Crippen molar-refractivity contribution < 1.29 is 4.74 Å². The third-order valence-electron chi connectivity index (χ3n) is 2.92. The average Bonchev–Trinajstić information content (AvgIpc) is 2.48. The molecule has 0 spiro atoms. The Labute approximate surface area is 103 Å². The molecule has 0 atom stereocenters. The first-order valence-electron chi connectivity index (χ1n) is 6.08. The molecule has 0 bridgehead atoms. The Kier molecular flexibility index (Phi) is 3.09. The molecule has 0 radical (unpaired) electrons. The van der Waals surface area contributed by atoms with Crippen molar-refractivity contribution in [3.8, 4) is 5.75 Å². The summed E-state index contributed by atoms with van der Waals surface area (Å²) < 4.78 is 5.70. The number of fused-ring (bicyclic) bond motifs is 1. The summed E-state index contributed by atoms with van der Waals surface area (Å²) in [6.07, 6.45) is 0.952. The van der Waals surface area contributed by atoms with Gasteiger partial charge >= 0.3 is 0 Å². The van der Waals surface area contributed by atoms with Crippen LogP contribution in [0.3, 0.4) is 0 Å². The zero-order chi connectivity index (χ0) is 12.5. The molecule has 17 heavy (non-hydrogen) atoms. The van der Waals surface area contributed by atoms with Gasteiger partial charge < -0.3 is 9.64 Å². The maximum Gasteiger partial charge on any atom is 0.142 e. The van der Waals surface area contributed by atoms with Crippen LogP contribution in [0.15, 0.2) is 24.3 Å². The van der Waals surface area contributed by atoms with Gasteiger partial charge in [0, 0.05) is 12.0 Å². The van der Waals surface area contributed by atoms with Gasteiger partial charge in [0.15, 0.2) is 0 Å². The van der Waals surface area contributed by atoms with Crippen molar-refractivity contribution in [3.63, 3.8) is 0 Å². The van der Waals surface area contributed by atoms with Crippen molar-refractivity contribution in [2.45, 2.75) is 27.2 Å². The lowest BCUT2D eigenvalue weighted by Gasteiger charge is -2.31. The van der Waals surface area contributed by atoms with E-state index in [2.05, 4.69) is 25.7 Å². The normalized spacial score (nSPS) is 15.8. The lowest BCUT2D eigenvalue weighted by atomic mass is 9.93. The summed E-state index contributed by atoms with van der Waals surface area (Å²) in [6.45, 7) is 7.80. The van der Waals surface area contributed by atoms with Crippen molar-refractivity contribution in [2.75, 3.05) is 18.1 Å². The molecule has 0 saturated heterocycles. The minimum Gasteiger partial charge on any atom is -0.491 e. The molecule has 3 nitrogen and oxygen atoms in total. The van der Waals surface area contributed by atoms with Crippen LogP contribution in [0.1, 0.15) is 27.2 Å². The first kappa shape index (κ1) is 12.0. The zero-order valence-electron chi connectivity index (χ0n) is 10.8. The molecule has 0 unspecified atom stereocenters. The number of para-hydroxylation sites is 2. The van der Waals surface area contributed by atoms with Gasteiger partial charge in [0.1, 0.15) is 11.6 Å². The van der Waals surface area contributed by atoms with Crippen molar-refractivity contribution in [2.24, 2.45) is 5.41 Å². The molecule has 0 amide bonds. The van der Waals surface area contributed by atoms with E-state index in [1.165, 1.54) is 0 Å². The Morgan fingerprint density at radius 2 is 2.00 bits per heavy atom. The van der Waals surface area contributed by atoms with Gasteiger partial charge in [-0.3, -0.25) is 5.41 Å². The summed E-state index contributed by atoms with van der Waals surface area (Å²) in [4.78, 5) is 2.07. The molecule has 0 aliphatic carbocycles. The highest BCUT2D eigenvalue weighted by Crippen LogP contribution is 2.33. The highest BCUT2D eigenvalue weighted by atomic mass is 16.5. The highest BCUT2D eigenvalue weighted by Gasteiger charge is 2.27. The largest absolute Gasteiger partial charge is 0.491 e. The number of amidine groups is 1. The second-order valence-electron chi connectivity index (χ2n) is 5.42. The van der Waals surface area contributed by atoms with Crippen LogP contribution in [0.4, 0.5) is 5.69 Å². The highest BCUT2D eigenvalue weighted by molar-refractivity contribution is 6.00. The van der Waals surface area contributed by atoms with Crippen LogP contribution in [-0.2, 0) is 0 Å². The molecule has 3 heteroatoms. The fourth-order valence-electron chi connectivity index (χ4n) is 1.96. The summed E-state index contributed by atoms with van der Waals surface area (Å²) in [6, 6.07) is 7.98. The Morgan fingerprint density at radius 3 is 2.71 bits per heavy atom. The topological polar surface area (TPSA) is 36.3 Å². The predicted octanol–water partition coefficient (Wildman–Crippen LogP) is 3.30. The number of ether oxygens (including phenoxy) is 1. The molecule has 92 valence electrons. The first-order chi connectivity index (χ1) is 8.00. The van der Waals surface area contributed by atoms with Gasteiger partial charge in [-0.15, -0.1) is 0 Å². The van der Waals surface area contributed by atoms with E-state index < -0.39 is 0 Å². The Morgan fingerprint density at radius 1 is 1.29 bits per heavy atom. The van der Waals surface area contributed by atoms with Crippen molar-refractivity contribution >= 4 is 11.5 Å². The van der Waals surface area contributed by atoms with Crippen LogP contribution in [0.25, 0.3) is 0 Å². The van der Waals surface area contributed by atoms with Crippen LogP contribution in [0, 0.1) is 10.8 Å². The molecule has 1 N–H and O–H groups in total. The number of rotatable bonds is 0. The lowest BCUT2D eigenvalue weighted by molar-refractivity contribution is 0.322. The molecule has 1 aliphatic heterocycles. The van der Waals surface area contributed by atoms with Crippen LogP contribution >= 0.6 is 0 Å². The molecule has 0 aromatic heterocycles. The number of nitrogens with one attached hydrogen (secondary N) is 1. The molecule has 1 heterocycles. The second-order valence-corrected chi connectivity index (χ2v) is 5.42. The smallest absolute Gasteiger partial charge is 0.142 e. The molecule has 1 aromatic carbocycles. The van der Waals surface area contributed by atoms with Gasteiger partial charge in [0.2, 0.25) is 0 Å². The van der Waals surface area contributed by atoms with Crippen molar-refractivity contribution in [1.82, 2.24) is 0 Å². The fraction of sp³-hybridized carbons (Fsp3) is 0.500. The van der Waals surface area contributed by atoms with Gasteiger partial charge in [0.25, 0.3) is 0 Å². The number of nitrogens with zero attached hydrogens (tertiary/aromatic N) is 1. The number of anilines is 1. The standard InChI is InChI=1S/C14H20N2O/c1-14(2,3)13(15)16-9-6-10-17-12-8-5-4-7-11(12)16/h4-5,7-8,15H,6,9-10H2,1-3H3. The third-order valence-corrected chi connectivity index (χ3v) is 2.92. The van der Waals surface area contributed by atoms with Gasteiger partial charge in [-0.2, -0.15) is 0 Å². The second kappa shape index (κ2) is 4.40. The molecule has 0 saturated carbocycles. The maximum atomic E-state index is 8.33. The van der Waals surface area contributed by atoms with Gasteiger partial charge in [-0.1, -0.05) is 32.9 Å². The SMILES string of the molecule is CC(C)(C)C(=N)N1CCCOc2ccccc21. The zero-order valence-corrected chi connectivity index (χ0v) is 10.8. The lowest BCUT2D eigenvalue weighted by Crippen LogP contribution is -2.39. The van der Waals surface area contributed by atoms with Crippen LogP contribution in [0.5, 0.6) is 5.75 Å². The summed E-state index contributed by atoms with van der Waals surface area (Å²) in [5.41, 5.74) is 0.877. The Bertz CT molecular complexity index is 420. The number of benzene rings is 1. The van der Waals surface area contributed by atoms with E-state index in [1.807, 2.05) is 24.3 Å². The minimum atomic E-state index is -0.141. The van der Waals surface area contributed by atoms with Crippen LogP contribution in [-0.4, -0.2) is 19.0 Å². The van der Waals surface area contributed by atoms with E-state index in [0.29, 0.717) is 5.84 Å². The van der Waals surface area contributed by atoms with Gasteiger partial charge in [-0.05, 0) is 18.6 Å². The number of hydrogen-bond acceptors (Lipinski definition) is 2. The van der Waals surface area contributed by atoms with Crippen molar-refractivity contribution in [3.05, 3.63) is 24.3 Å². The summed E-state index contributed by atoms with van der Waals surface area (Å²) in [7, 11) is 0. The first-order valence-corrected chi connectivity index (χ1v) is 6.08. The Hall–Kier alpha value is -1.51. The van der Waals surface area contributed by atoms with E-state index in [4.69, 9.17) is 10.1 Å². The van der Waals surface area contributed by atoms with Crippen molar-refractivity contribution in [1.29, 1.82) is 5.41 Å². The van der Waals surface area contributed by atoms with E-state index in [9.17, 15) is 0 Å². The van der Waals surface area contributed by atoms with Gasteiger partial charge in [0.05, 0.1) is 12.3 Å². The fourth-order valence-corrected chi connectivity index (χ4v) is 1.96. The Balaban J connectivity index is 2.38. The third kappa shape index (κ3) is 2.43. The summed E-state index contributed by atoms with van der Waals surface area (Å²) in [5.74, 6) is 1.54. The summed E-state index contributed by atoms with van der Waals surface area (Å²) >= 11 is 0. The van der Waals surface area contributed by atoms with Crippen LogP contribution in [0.2, 0.25) is 0 Å². The molecule has 1 aliphatic rings. The average molecular weight is 232 g/mol. The molecular formula is C14H20N2O. The molecule has 0 fully saturated rings. The summed E-state index contributed by atoms with van der Waals surface area (Å²) in [5, 5.41) is 8.33. The molecular weight excluding hydrogens is 212 g/mol. The van der Waals surface area contributed by atoms with E-state index >= 15 is 0 Å². The molecule has 1 aromatic rings. The van der Waals surface area contributed by atoms with Crippen LogP contribution < -0.4 is 9.64 Å². The van der Waals surface area contributed by atoms with E-state index in [-0.39, 0.29) is 5.41 Å². The quantitative estimate of drug-likeness (QED) is 0.550. The maximum absolute atomic E-state index is 8.33. The molecule has 2 rings (SSSR count).